The number of methoxy groups -OCH3 is 1. The Bertz CT molecular complexity index is 1680. The molecule has 1 amide bonds. The number of carbonyl (C=O) groups excluding carboxylic acids is 2. The van der Waals surface area contributed by atoms with Gasteiger partial charge >= 0.3 is 5.97 Å². The van der Waals surface area contributed by atoms with Crippen LogP contribution < -0.4 is 4.74 Å². The van der Waals surface area contributed by atoms with Crippen molar-refractivity contribution in [2.45, 2.75) is 35.0 Å². The van der Waals surface area contributed by atoms with Crippen LogP contribution in [0.15, 0.2) is 102 Å². The highest BCUT2D eigenvalue weighted by atomic mass is 32.2. The average Bonchev–Trinajstić information content (AvgIpc) is 3.48. The van der Waals surface area contributed by atoms with Crippen molar-refractivity contribution in [3.05, 3.63) is 108 Å². The van der Waals surface area contributed by atoms with Gasteiger partial charge in [-0.25, -0.2) is 8.42 Å². The van der Waals surface area contributed by atoms with Gasteiger partial charge in [0.05, 0.1) is 12.0 Å². The molecule has 0 radical (unpaired) electrons. The number of hydrogen-bond acceptors (Lipinski definition) is 7. The Hall–Kier alpha value is -3.86. The van der Waals surface area contributed by atoms with Crippen molar-refractivity contribution < 1.29 is 27.5 Å². The van der Waals surface area contributed by atoms with E-state index in [9.17, 15) is 18.0 Å². The minimum atomic E-state index is -4.02. The molecular weight excluding hydrogens is 585 g/mol. The molecular formula is C33H34N2O6S2. The van der Waals surface area contributed by atoms with E-state index in [2.05, 4.69) is 0 Å². The van der Waals surface area contributed by atoms with Gasteiger partial charge in [-0.05, 0) is 52.6 Å². The fraction of sp³-hybridized carbons (Fsp3) is 0.273. The number of nitrogens with zero attached hydrogens (tertiary/aromatic N) is 2. The molecule has 0 aliphatic carbocycles. The van der Waals surface area contributed by atoms with Crippen molar-refractivity contribution >= 4 is 44.4 Å². The van der Waals surface area contributed by atoms with Crippen LogP contribution in [-0.4, -0.2) is 68.0 Å². The molecule has 43 heavy (non-hydrogen) atoms. The van der Waals surface area contributed by atoms with Crippen LogP contribution in [0.5, 0.6) is 5.75 Å². The van der Waals surface area contributed by atoms with E-state index in [4.69, 9.17) is 9.47 Å². The third-order valence-corrected chi connectivity index (χ3v) is 10.6. The van der Waals surface area contributed by atoms with Crippen molar-refractivity contribution in [3.63, 3.8) is 0 Å². The number of thioether (sulfide) groups is 1. The number of likely N-dealkylation sites (N-methyl/N-ethyl adjacent to an activating group) is 1. The second-order valence-electron chi connectivity index (χ2n) is 10.5. The van der Waals surface area contributed by atoms with E-state index >= 15 is 0 Å². The van der Waals surface area contributed by atoms with E-state index in [0.717, 1.165) is 27.6 Å². The van der Waals surface area contributed by atoms with Gasteiger partial charge in [0, 0.05) is 24.6 Å². The molecule has 1 saturated heterocycles. The number of ether oxygens (including phenoxy) is 2. The maximum atomic E-state index is 14.0. The minimum Gasteiger partial charge on any atom is -0.497 e. The number of benzene rings is 4. The summed E-state index contributed by atoms with van der Waals surface area (Å²) in [4.78, 5) is 27.7. The molecule has 1 aliphatic heterocycles. The smallest absolute Gasteiger partial charge is 0.325 e. The first kappa shape index (κ1) is 30.6. The summed E-state index contributed by atoms with van der Waals surface area (Å²) in [5.41, 5.74) is 1.91. The van der Waals surface area contributed by atoms with Crippen LogP contribution in [0.1, 0.15) is 17.5 Å². The summed E-state index contributed by atoms with van der Waals surface area (Å²) in [5.74, 6) is 0.417. The van der Waals surface area contributed by atoms with Crippen LogP contribution in [0.25, 0.3) is 10.8 Å². The first-order valence-corrected chi connectivity index (χ1v) is 16.4. The van der Waals surface area contributed by atoms with Crippen molar-refractivity contribution in [2.75, 3.05) is 27.2 Å². The predicted octanol–water partition coefficient (Wildman–Crippen LogP) is 5.12. The molecule has 5 rings (SSSR count). The van der Waals surface area contributed by atoms with E-state index in [1.54, 1.807) is 37.1 Å². The molecule has 8 nitrogen and oxygen atoms in total. The van der Waals surface area contributed by atoms with E-state index in [1.807, 2.05) is 78.9 Å². The van der Waals surface area contributed by atoms with Gasteiger partial charge in [-0.2, -0.15) is 16.1 Å². The fourth-order valence-electron chi connectivity index (χ4n) is 5.09. The van der Waals surface area contributed by atoms with Crippen LogP contribution in [0.2, 0.25) is 0 Å². The largest absolute Gasteiger partial charge is 0.497 e. The molecule has 0 spiro atoms. The van der Waals surface area contributed by atoms with Gasteiger partial charge in [-0.3, -0.25) is 9.59 Å². The highest BCUT2D eigenvalue weighted by Crippen LogP contribution is 2.35. The zero-order valence-corrected chi connectivity index (χ0v) is 25.7. The van der Waals surface area contributed by atoms with Gasteiger partial charge in [-0.15, -0.1) is 0 Å². The Labute approximate surface area is 256 Å². The van der Waals surface area contributed by atoms with Crippen molar-refractivity contribution in [1.82, 2.24) is 9.21 Å². The number of rotatable bonds is 11. The summed E-state index contributed by atoms with van der Waals surface area (Å²) >= 11 is 1.61. The first-order valence-electron chi connectivity index (χ1n) is 13.9. The van der Waals surface area contributed by atoms with Crippen LogP contribution in [0, 0.1) is 0 Å². The Balaban J connectivity index is 1.33. The topological polar surface area (TPSA) is 93.2 Å². The quantitative estimate of drug-likeness (QED) is 0.216. The Morgan fingerprint density at radius 1 is 0.907 bits per heavy atom. The molecule has 0 bridgehead atoms. The molecule has 1 fully saturated rings. The fourth-order valence-corrected chi connectivity index (χ4v) is 8.06. The number of hydrogen-bond donors (Lipinski definition) is 0. The van der Waals surface area contributed by atoms with Crippen LogP contribution in [0.3, 0.4) is 0 Å². The highest BCUT2D eigenvalue weighted by Gasteiger charge is 2.45. The SMILES string of the molecule is COc1ccc(CS[C@@H]2C[C@@H](C(=O)N(C)CC(=O)OCc3ccccc3)N(S(=O)(=O)c3ccc4ccccc4c3)C2)cc1. The van der Waals surface area contributed by atoms with Crippen molar-refractivity contribution in [1.29, 1.82) is 0 Å². The lowest BCUT2D eigenvalue weighted by Crippen LogP contribution is -2.47. The maximum absolute atomic E-state index is 14.0. The van der Waals surface area contributed by atoms with Gasteiger partial charge in [0.1, 0.15) is 24.9 Å². The van der Waals surface area contributed by atoms with Crippen LogP contribution in [-0.2, 0) is 36.7 Å². The van der Waals surface area contributed by atoms with Gasteiger partial charge in [0.15, 0.2) is 0 Å². The maximum Gasteiger partial charge on any atom is 0.325 e. The monoisotopic (exact) mass is 618 g/mol. The summed E-state index contributed by atoms with van der Waals surface area (Å²) in [6, 6.07) is 28.6. The highest BCUT2D eigenvalue weighted by molar-refractivity contribution is 7.99. The molecule has 1 aliphatic rings. The molecule has 0 saturated carbocycles. The zero-order valence-electron chi connectivity index (χ0n) is 24.1. The van der Waals surface area contributed by atoms with Crippen molar-refractivity contribution in [3.8, 4) is 5.75 Å². The second kappa shape index (κ2) is 13.6. The van der Waals surface area contributed by atoms with Crippen LogP contribution in [0.4, 0.5) is 0 Å². The Kier molecular flexibility index (Phi) is 9.69. The summed E-state index contributed by atoms with van der Waals surface area (Å²) in [6.45, 7) is -0.00789. The number of carbonyl (C=O) groups is 2. The van der Waals surface area contributed by atoms with Gasteiger partial charge in [0.2, 0.25) is 15.9 Å². The second-order valence-corrected chi connectivity index (χ2v) is 13.6. The predicted molar refractivity (Wildman–Crippen MR) is 168 cm³/mol. The molecule has 0 unspecified atom stereocenters. The van der Waals surface area contributed by atoms with Crippen molar-refractivity contribution in [2.24, 2.45) is 0 Å². The summed E-state index contributed by atoms with van der Waals surface area (Å²) < 4.78 is 40.0. The van der Waals surface area contributed by atoms with E-state index in [-0.39, 0.29) is 29.8 Å². The lowest BCUT2D eigenvalue weighted by atomic mass is 10.1. The number of amides is 1. The van der Waals surface area contributed by atoms with Gasteiger partial charge in [0.25, 0.3) is 0 Å². The molecule has 0 aromatic heterocycles. The van der Waals surface area contributed by atoms with Crippen LogP contribution >= 0.6 is 11.8 Å². The molecule has 4 aromatic rings. The molecule has 1 heterocycles. The number of sulfonamides is 1. The molecule has 4 aromatic carbocycles. The average molecular weight is 619 g/mol. The number of esters is 1. The zero-order chi connectivity index (χ0) is 30.4. The summed E-state index contributed by atoms with van der Waals surface area (Å²) in [6.07, 6.45) is 0.329. The third-order valence-electron chi connectivity index (χ3n) is 7.46. The molecule has 10 heteroatoms. The molecule has 0 N–H and O–H groups in total. The van der Waals surface area contributed by atoms with E-state index in [1.165, 1.54) is 16.3 Å². The summed E-state index contributed by atoms with van der Waals surface area (Å²) in [5, 5.41) is 1.61. The Morgan fingerprint density at radius 2 is 1.60 bits per heavy atom. The van der Waals surface area contributed by atoms with Gasteiger partial charge in [-0.1, -0.05) is 72.8 Å². The standard InChI is InChI=1S/C33H34N2O6S2/c1-34(21-32(36)41-22-24-8-4-3-5-9-24)33(37)31-19-29(42-23-25-12-15-28(40-2)16-13-25)20-35(31)43(38,39)30-17-14-26-10-6-7-11-27(26)18-30/h3-18,29,31H,19-23H2,1-2H3/t29-,31+/m1/s1. The summed E-state index contributed by atoms with van der Waals surface area (Å²) in [7, 11) is -0.898. The molecule has 224 valence electrons. The van der Waals surface area contributed by atoms with Gasteiger partial charge < -0.3 is 14.4 Å². The Morgan fingerprint density at radius 3 is 2.33 bits per heavy atom. The molecule has 2 atom stereocenters. The normalized spacial score (nSPS) is 17.1. The van der Waals surface area contributed by atoms with E-state index < -0.39 is 27.9 Å². The third kappa shape index (κ3) is 7.38. The number of fused-ring (bicyclic) bond motifs is 1. The lowest BCUT2D eigenvalue weighted by molar-refractivity contribution is -0.150. The lowest BCUT2D eigenvalue weighted by Gasteiger charge is -2.27. The first-order chi connectivity index (χ1) is 20.7. The minimum absolute atomic E-state index is 0.0949. The van der Waals surface area contributed by atoms with E-state index in [0.29, 0.717) is 12.2 Å².